The Morgan fingerprint density at radius 2 is 0.837 bits per heavy atom. The highest BCUT2D eigenvalue weighted by Crippen LogP contribution is 2.40. The molecule has 0 saturated heterocycles. The maximum atomic E-state index is 5.08. The van der Waals surface area contributed by atoms with Gasteiger partial charge in [0, 0.05) is 45.4 Å². The zero-order chi connectivity index (χ0) is 33.2. The number of aromatic nitrogens is 2. The second kappa shape index (κ2) is 13.0. The van der Waals surface area contributed by atoms with E-state index in [1.165, 1.54) is 11.1 Å². The molecule has 0 fully saturated rings. The summed E-state index contributed by atoms with van der Waals surface area (Å²) in [5.74, 6) is 0.918. The number of nitrogens with zero attached hydrogens (tertiary/aromatic N) is 4. The molecule has 1 aromatic heterocycles. The average molecular weight is 633 g/mol. The molecule has 0 amide bonds. The van der Waals surface area contributed by atoms with E-state index >= 15 is 0 Å². The molecule has 0 aliphatic carbocycles. The summed E-state index contributed by atoms with van der Waals surface area (Å²) in [6, 6.07) is 64.2. The van der Waals surface area contributed by atoms with E-state index in [1.54, 1.807) is 0 Å². The van der Waals surface area contributed by atoms with Crippen LogP contribution in [0.2, 0.25) is 0 Å². The molecule has 236 valence electrons. The summed E-state index contributed by atoms with van der Waals surface area (Å²) >= 11 is 0. The molecule has 0 atom stereocenters. The molecule has 0 radical (unpaired) electrons. The van der Waals surface area contributed by atoms with Gasteiger partial charge in [-0.2, -0.15) is 0 Å². The molecule has 0 aliphatic heterocycles. The van der Waals surface area contributed by atoms with Gasteiger partial charge in [-0.3, -0.25) is 4.57 Å². The zero-order valence-electron chi connectivity index (χ0n) is 27.6. The molecule has 4 heteroatoms. The molecule has 0 bridgehead atoms. The Balaban J connectivity index is 1.19. The lowest BCUT2D eigenvalue weighted by Crippen LogP contribution is -2.12. The van der Waals surface area contributed by atoms with Crippen LogP contribution < -0.4 is 9.80 Å². The van der Waals surface area contributed by atoms with Gasteiger partial charge in [0.25, 0.3) is 0 Å². The molecule has 4 nitrogen and oxygen atoms in total. The molecule has 0 N–H and O–H groups in total. The first-order chi connectivity index (χ1) is 24.1. The lowest BCUT2D eigenvalue weighted by atomic mass is 10.1. The third-order valence-corrected chi connectivity index (χ3v) is 8.82. The van der Waals surface area contributed by atoms with Gasteiger partial charge in [0.1, 0.15) is 5.82 Å². The van der Waals surface area contributed by atoms with Crippen molar-refractivity contribution in [2.75, 3.05) is 9.80 Å². The van der Waals surface area contributed by atoms with E-state index in [9.17, 15) is 0 Å². The Hall–Kier alpha value is -6.39. The number of para-hydroxylation sites is 5. The van der Waals surface area contributed by atoms with Crippen LogP contribution >= 0.6 is 0 Å². The van der Waals surface area contributed by atoms with E-state index in [0.29, 0.717) is 0 Å². The van der Waals surface area contributed by atoms with Gasteiger partial charge in [-0.15, -0.1) is 0 Å². The van der Waals surface area contributed by atoms with Crippen LogP contribution in [0.5, 0.6) is 0 Å². The summed E-state index contributed by atoms with van der Waals surface area (Å²) in [6.07, 6.45) is 0. The van der Waals surface area contributed by atoms with Crippen LogP contribution in [0.15, 0.2) is 182 Å². The van der Waals surface area contributed by atoms with Crippen molar-refractivity contribution in [3.63, 3.8) is 0 Å². The van der Waals surface area contributed by atoms with Crippen molar-refractivity contribution in [1.29, 1.82) is 0 Å². The lowest BCUT2D eigenvalue weighted by Gasteiger charge is -2.28. The molecule has 0 unspecified atom stereocenters. The van der Waals surface area contributed by atoms with E-state index in [2.05, 4.69) is 198 Å². The second-order valence-corrected chi connectivity index (χ2v) is 12.3. The smallest absolute Gasteiger partial charge is 0.145 e. The number of rotatable bonds is 8. The summed E-state index contributed by atoms with van der Waals surface area (Å²) in [7, 11) is 0. The molecule has 8 aromatic rings. The number of hydrogen-bond acceptors (Lipinski definition) is 3. The van der Waals surface area contributed by atoms with Crippen molar-refractivity contribution in [2.45, 2.75) is 13.8 Å². The van der Waals surface area contributed by atoms with Gasteiger partial charge >= 0.3 is 0 Å². The minimum atomic E-state index is 0.918. The number of imidazole rings is 1. The van der Waals surface area contributed by atoms with Crippen molar-refractivity contribution in [3.05, 3.63) is 193 Å². The van der Waals surface area contributed by atoms with E-state index in [-0.39, 0.29) is 0 Å². The summed E-state index contributed by atoms with van der Waals surface area (Å²) < 4.78 is 2.24. The number of hydrogen-bond donors (Lipinski definition) is 0. The predicted octanol–water partition coefficient (Wildman–Crippen LogP) is 12.2. The Labute approximate surface area is 287 Å². The van der Waals surface area contributed by atoms with E-state index in [1.807, 2.05) is 12.1 Å². The van der Waals surface area contributed by atoms with E-state index in [0.717, 1.165) is 62.2 Å². The van der Waals surface area contributed by atoms with Gasteiger partial charge in [-0.25, -0.2) is 4.98 Å². The lowest BCUT2D eigenvalue weighted by molar-refractivity contribution is 1.10. The molecule has 0 aliphatic rings. The first kappa shape index (κ1) is 30.0. The van der Waals surface area contributed by atoms with Crippen LogP contribution in [-0.2, 0) is 0 Å². The maximum Gasteiger partial charge on any atom is 0.145 e. The first-order valence-corrected chi connectivity index (χ1v) is 16.6. The van der Waals surface area contributed by atoms with Crippen molar-refractivity contribution in [1.82, 2.24) is 9.55 Å². The predicted molar refractivity (Wildman–Crippen MR) is 205 cm³/mol. The minimum absolute atomic E-state index is 0.918. The molecule has 8 rings (SSSR count). The van der Waals surface area contributed by atoms with Crippen LogP contribution in [0.4, 0.5) is 34.1 Å². The minimum Gasteiger partial charge on any atom is -0.311 e. The van der Waals surface area contributed by atoms with E-state index < -0.39 is 0 Å². The van der Waals surface area contributed by atoms with Crippen LogP contribution in [0.25, 0.3) is 28.1 Å². The largest absolute Gasteiger partial charge is 0.311 e. The quantitative estimate of drug-likeness (QED) is 0.167. The summed E-state index contributed by atoms with van der Waals surface area (Å²) in [6.45, 7) is 4.31. The first-order valence-electron chi connectivity index (χ1n) is 16.6. The number of fused-ring (bicyclic) bond motifs is 1. The standard InChI is InChI=1S/C45H36N4/c1-33-30-34(2)32-42(31-33)48(37-16-8-4-9-17-37)41-28-26-40(27-29-41)47(36-14-6-3-7-15-36)39-24-22-35(23-25-39)45-46-43-20-12-13-21-44(43)49(45)38-18-10-5-11-19-38/h3-32H,1-2H3. The molecule has 0 saturated carbocycles. The van der Waals surface area contributed by atoms with Crippen LogP contribution in [0, 0.1) is 13.8 Å². The molecule has 1 heterocycles. The highest BCUT2D eigenvalue weighted by atomic mass is 15.2. The number of aryl methyl sites for hydroxylation is 2. The highest BCUT2D eigenvalue weighted by Gasteiger charge is 2.18. The Bertz CT molecular complexity index is 2310. The monoisotopic (exact) mass is 632 g/mol. The molecular weight excluding hydrogens is 597 g/mol. The third-order valence-electron chi connectivity index (χ3n) is 8.82. The van der Waals surface area contributed by atoms with Gasteiger partial charge in [-0.1, -0.05) is 72.8 Å². The third kappa shape index (κ3) is 5.97. The molecule has 7 aromatic carbocycles. The number of benzene rings is 7. The van der Waals surface area contributed by atoms with Crippen molar-refractivity contribution in [3.8, 4) is 17.1 Å². The normalized spacial score (nSPS) is 11.1. The fourth-order valence-corrected chi connectivity index (χ4v) is 6.70. The van der Waals surface area contributed by atoms with Gasteiger partial charge in [0.05, 0.1) is 11.0 Å². The van der Waals surface area contributed by atoms with Crippen molar-refractivity contribution < 1.29 is 0 Å². The average Bonchev–Trinajstić information content (AvgIpc) is 3.54. The maximum absolute atomic E-state index is 5.08. The van der Waals surface area contributed by atoms with Gasteiger partial charge in [0.2, 0.25) is 0 Å². The number of anilines is 6. The summed E-state index contributed by atoms with van der Waals surface area (Å²) in [4.78, 5) is 9.71. The molecule has 0 spiro atoms. The van der Waals surface area contributed by atoms with Gasteiger partial charge in [0.15, 0.2) is 0 Å². The van der Waals surface area contributed by atoms with Gasteiger partial charge < -0.3 is 9.80 Å². The zero-order valence-corrected chi connectivity index (χ0v) is 27.6. The highest BCUT2D eigenvalue weighted by molar-refractivity contribution is 5.85. The van der Waals surface area contributed by atoms with Crippen molar-refractivity contribution >= 4 is 45.2 Å². The Kier molecular flexibility index (Phi) is 7.96. The Morgan fingerprint density at radius 1 is 0.408 bits per heavy atom. The molecule has 49 heavy (non-hydrogen) atoms. The summed E-state index contributed by atoms with van der Waals surface area (Å²) in [5, 5.41) is 0. The van der Waals surface area contributed by atoms with Crippen LogP contribution in [-0.4, -0.2) is 9.55 Å². The second-order valence-electron chi connectivity index (χ2n) is 12.3. The molecular formula is C45H36N4. The van der Waals surface area contributed by atoms with E-state index in [4.69, 9.17) is 4.98 Å². The fourth-order valence-electron chi connectivity index (χ4n) is 6.70. The Morgan fingerprint density at radius 3 is 1.39 bits per heavy atom. The topological polar surface area (TPSA) is 24.3 Å². The van der Waals surface area contributed by atoms with Crippen molar-refractivity contribution in [2.24, 2.45) is 0 Å². The van der Waals surface area contributed by atoms with Gasteiger partial charge in [-0.05, 0) is 134 Å². The van der Waals surface area contributed by atoms with Crippen LogP contribution in [0.1, 0.15) is 11.1 Å². The fraction of sp³-hybridized carbons (Fsp3) is 0.0444. The SMILES string of the molecule is Cc1cc(C)cc(N(c2ccccc2)c2ccc(N(c3ccccc3)c3ccc(-c4nc5ccccc5n4-c4ccccc4)cc3)cc2)c1. The summed E-state index contributed by atoms with van der Waals surface area (Å²) in [5.41, 5.74) is 13.3. The van der Waals surface area contributed by atoms with Crippen LogP contribution in [0.3, 0.4) is 0 Å².